The third-order valence-electron chi connectivity index (χ3n) is 4.75. The number of aromatic nitrogens is 1. The first kappa shape index (κ1) is 17.8. The number of aldehydes is 1. The van der Waals surface area contributed by atoms with Crippen LogP contribution < -0.4 is 0 Å². The Bertz CT molecular complexity index is 751. The first-order valence-electron chi connectivity index (χ1n) is 7.73. The van der Waals surface area contributed by atoms with Crippen LogP contribution in [0.2, 0.25) is 18.1 Å². The Labute approximate surface area is 138 Å². The molecule has 2 rings (SSSR count). The molecule has 0 N–H and O–H groups in total. The first-order valence-corrected chi connectivity index (χ1v) is 10.6. The maximum atomic E-state index is 14.3. The lowest BCUT2D eigenvalue weighted by Gasteiger charge is -2.36. The number of pyridine rings is 1. The van der Waals surface area contributed by atoms with E-state index >= 15 is 0 Å². The van der Waals surface area contributed by atoms with Crippen molar-refractivity contribution in [1.82, 2.24) is 4.98 Å². The summed E-state index contributed by atoms with van der Waals surface area (Å²) in [6.07, 6.45) is 2.26. The molecular formula is C18H24FNO2Si. The van der Waals surface area contributed by atoms with Gasteiger partial charge in [0, 0.05) is 17.3 Å². The molecule has 1 heterocycles. The van der Waals surface area contributed by atoms with Crippen LogP contribution in [-0.4, -0.2) is 19.6 Å². The molecular weight excluding hydrogens is 309 g/mol. The fourth-order valence-corrected chi connectivity index (χ4v) is 3.14. The molecule has 0 aliphatic rings. The van der Waals surface area contributed by atoms with Gasteiger partial charge in [0.1, 0.15) is 5.82 Å². The standard InChI is InChI=1S/C18H24FNO2Si/c1-12-7-14-15(9-20-12)13(8-17(19)16(14)10-21)11-22-23(5,6)18(2,3)4/h7-10H,11H2,1-6H3. The number of hydrogen-bond acceptors (Lipinski definition) is 3. The fourth-order valence-electron chi connectivity index (χ4n) is 2.19. The summed E-state index contributed by atoms with van der Waals surface area (Å²) in [5.41, 5.74) is 1.57. The molecule has 0 saturated carbocycles. The Hall–Kier alpha value is -1.59. The maximum absolute atomic E-state index is 14.3. The van der Waals surface area contributed by atoms with Gasteiger partial charge >= 0.3 is 0 Å². The van der Waals surface area contributed by atoms with Gasteiger partial charge in [0.15, 0.2) is 14.6 Å². The highest BCUT2D eigenvalue weighted by Crippen LogP contribution is 2.37. The molecule has 0 amide bonds. The van der Waals surface area contributed by atoms with Crippen LogP contribution in [0.25, 0.3) is 10.8 Å². The Morgan fingerprint density at radius 2 is 1.91 bits per heavy atom. The topological polar surface area (TPSA) is 39.2 Å². The van der Waals surface area contributed by atoms with E-state index in [1.165, 1.54) is 6.07 Å². The summed E-state index contributed by atoms with van der Waals surface area (Å²) in [6.45, 7) is 13.0. The highest BCUT2D eigenvalue weighted by atomic mass is 28.4. The number of carbonyl (C=O) groups is 1. The van der Waals surface area contributed by atoms with E-state index in [4.69, 9.17) is 4.43 Å². The van der Waals surface area contributed by atoms with Crippen molar-refractivity contribution in [3.8, 4) is 0 Å². The average molecular weight is 333 g/mol. The van der Waals surface area contributed by atoms with Gasteiger partial charge in [-0.2, -0.15) is 0 Å². The van der Waals surface area contributed by atoms with Gasteiger partial charge in [-0.1, -0.05) is 20.8 Å². The van der Waals surface area contributed by atoms with Crippen LogP contribution in [0.4, 0.5) is 4.39 Å². The summed E-state index contributed by atoms with van der Waals surface area (Å²) in [5, 5.41) is 1.46. The predicted octanol–water partition coefficient (Wildman–Crippen LogP) is 5.02. The second-order valence-corrected chi connectivity index (χ2v) is 12.3. The first-order chi connectivity index (χ1) is 10.6. The minimum Gasteiger partial charge on any atom is -0.413 e. The second-order valence-electron chi connectivity index (χ2n) is 7.47. The largest absolute Gasteiger partial charge is 0.413 e. The molecule has 124 valence electrons. The van der Waals surface area contributed by atoms with Crippen molar-refractivity contribution in [2.45, 2.75) is 52.4 Å². The number of fused-ring (bicyclic) bond motifs is 1. The van der Waals surface area contributed by atoms with Gasteiger partial charge in [0.2, 0.25) is 0 Å². The van der Waals surface area contributed by atoms with Crippen molar-refractivity contribution in [1.29, 1.82) is 0 Å². The lowest BCUT2D eigenvalue weighted by molar-refractivity contribution is 0.112. The molecule has 0 aliphatic heterocycles. The van der Waals surface area contributed by atoms with Crippen LogP contribution in [0.1, 0.15) is 42.4 Å². The van der Waals surface area contributed by atoms with Crippen LogP contribution in [0.3, 0.4) is 0 Å². The highest BCUT2D eigenvalue weighted by Gasteiger charge is 2.37. The van der Waals surface area contributed by atoms with Crippen LogP contribution in [0, 0.1) is 12.7 Å². The number of aryl methyl sites for hydroxylation is 1. The molecule has 0 spiro atoms. The smallest absolute Gasteiger partial charge is 0.192 e. The third kappa shape index (κ3) is 3.51. The van der Waals surface area contributed by atoms with E-state index in [1.54, 1.807) is 12.3 Å². The molecule has 2 aromatic rings. The number of hydrogen-bond donors (Lipinski definition) is 0. The van der Waals surface area contributed by atoms with Crippen molar-refractivity contribution < 1.29 is 13.6 Å². The van der Waals surface area contributed by atoms with Crippen molar-refractivity contribution in [3.63, 3.8) is 0 Å². The lowest BCUT2D eigenvalue weighted by atomic mass is 10.0. The quantitative estimate of drug-likeness (QED) is 0.583. The minimum atomic E-state index is -1.94. The van der Waals surface area contributed by atoms with Crippen molar-refractivity contribution in [2.24, 2.45) is 0 Å². The molecule has 3 nitrogen and oxygen atoms in total. The molecule has 23 heavy (non-hydrogen) atoms. The maximum Gasteiger partial charge on any atom is 0.192 e. The normalized spacial score (nSPS) is 12.7. The zero-order valence-electron chi connectivity index (χ0n) is 14.7. The Morgan fingerprint density at radius 3 is 2.48 bits per heavy atom. The zero-order chi connectivity index (χ0) is 17.4. The molecule has 0 bridgehead atoms. The summed E-state index contributed by atoms with van der Waals surface area (Å²) < 4.78 is 20.5. The van der Waals surface area contributed by atoms with Gasteiger partial charge in [-0.3, -0.25) is 9.78 Å². The molecule has 1 aromatic heterocycles. The molecule has 0 radical (unpaired) electrons. The highest BCUT2D eigenvalue weighted by molar-refractivity contribution is 6.74. The summed E-state index contributed by atoms with van der Waals surface area (Å²) in [5.74, 6) is -0.507. The fraction of sp³-hybridized carbons (Fsp3) is 0.444. The van der Waals surface area contributed by atoms with Crippen LogP contribution in [0.15, 0.2) is 18.3 Å². The summed E-state index contributed by atoms with van der Waals surface area (Å²) in [6, 6.07) is 3.15. The van der Waals surface area contributed by atoms with Crippen molar-refractivity contribution in [2.75, 3.05) is 0 Å². The molecule has 0 atom stereocenters. The van der Waals surface area contributed by atoms with Crippen molar-refractivity contribution >= 4 is 25.4 Å². The second kappa shape index (κ2) is 6.13. The van der Waals surface area contributed by atoms with Crippen LogP contribution >= 0.6 is 0 Å². The summed E-state index contributed by atoms with van der Waals surface area (Å²) >= 11 is 0. The molecule has 0 saturated heterocycles. The summed E-state index contributed by atoms with van der Waals surface area (Å²) in [4.78, 5) is 15.5. The number of nitrogens with zero attached hydrogens (tertiary/aromatic N) is 1. The number of benzene rings is 1. The molecule has 0 fully saturated rings. The molecule has 0 unspecified atom stereocenters. The van der Waals surface area contributed by atoms with E-state index in [9.17, 15) is 9.18 Å². The Kier molecular flexibility index (Phi) is 4.73. The van der Waals surface area contributed by atoms with E-state index in [1.807, 2.05) is 6.92 Å². The number of rotatable bonds is 4. The third-order valence-corrected chi connectivity index (χ3v) is 9.23. The van der Waals surface area contributed by atoms with Gasteiger partial charge in [-0.25, -0.2) is 4.39 Å². The van der Waals surface area contributed by atoms with E-state index < -0.39 is 14.1 Å². The predicted molar refractivity (Wildman–Crippen MR) is 93.8 cm³/mol. The van der Waals surface area contributed by atoms with Gasteiger partial charge < -0.3 is 4.43 Å². The van der Waals surface area contributed by atoms with Gasteiger partial charge in [-0.05, 0) is 48.1 Å². The van der Waals surface area contributed by atoms with Crippen LogP contribution in [-0.2, 0) is 11.0 Å². The molecule has 1 aromatic carbocycles. The van der Waals surface area contributed by atoms with E-state index in [0.717, 1.165) is 16.6 Å². The van der Waals surface area contributed by atoms with Gasteiger partial charge in [0.05, 0.1) is 12.2 Å². The van der Waals surface area contributed by atoms with E-state index in [-0.39, 0.29) is 10.6 Å². The average Bonchev–Trinajstić information content (AvgIpc) is 2.43. The van der Waals surface area contributed by atoms with Crippen molar-refractivity contribution in [3.05, 3.63) is 41.0 Å². The Balaban J connectivity index is 2.48. The number of halogens is 1. The monoisotopic (exact) mass is 333 g/mol. The zero-order valence-corrected chi connectivity index (χ0v) is 15.7. The molecule has 5 heteroatoms. The SMILES string of the molecule is Cc1cc2c(C=O)c(F)cc(CO[Si](C)(C)C(C)(C)C)c2cn1. The number of carbonyl (C=O) groups excluding carboxylic acids is 1. The van der Waals surface area contributed by atoms with Gasteiger partial charge in [-0.15, -0.1) is 0 Å². The molecule has 0 aliphatic carbocycles. The van der Waals surface area contributed by atoms with Gasteiger partial charge in [0.25, 0.3) is 0 Å². The van der Waals surface area contributed by atoms with Crippen LogP contribution in [0.5, 0.6) is 0 Å². The lowest BCUT2D eigenvalue weighted by Crippen LogP contribution is -2.40. The minimum absolute atomic E-state index is 0.0823. The Morgan fingerprint density at radius 1 is 1.26 bits per heavy atom. The van der Waals surface area contributed by atoms with E-state index in [2.05, 4.69) is 38.8 Å². The summed E-state index contributed by atoms with van der Waals surface area (Å²) in [7, 11) is -1.94. The van der Waals surface area contributed by atoms with E-state index in [0.29, 0.717) is 18.3 Å².